The Bertz CT molecular complexity index is 731. The summed E-state index contributed by atoms with van der Waals surface area (Å²) in [6.45, 7) is 4.30. The van der Waals surface area contributed by atoms with Crippen LogP contribution in [0.25, 0.3) is 0 Å². The minimum absolute atomic E-state index is 0.0298. The average molecular weight is 356 g/mol. The van der Waals surface area contributed by atoms with Crippen LogP contribution < -0.4 is 5.32 Å². The number of amides is 2. The van der Waals surface area contributed by atoms with Gasteiger partial charge in [-0.15, -0.1) is 0 Å². The molecule has 0 bridgehead atoms. The van der Waals surface area contributed by atoms with Gasteiger partial charge in [-0.3, -0.25) is 14.7 Å². The Morgan fingerprint density at radius 1 is 1.38 bits per heavy atom. The summed E-state index contributed by atoms with van der Waals surface area (Å²) in [5.41, 5.74) is 1.91. The highest BCUT2D eigenvalue weighted by atomic mass is 16.5. The summed E-state index contributed by atoms with van der Waals surface area (Å²) < 4.78 is 5.67. The van der Waals surface area contributed by atoms with Crippen LogP contribution in [0.1, 0.15) is 31.0 Å². The number of ether oxygens (including phenoxy) is 1. The minimum atomic E-state index is -0.734. The van der Waals surface area contributed by atoms with E-state index >= 15 is 0 Å². The third kappa shape index (κ3) is 3.94. The van der Waals surface area contributed by atoms with Gasteiger partial charge in [-0.2, -0.15) is 5.10 Å². The number of carbonyl (C=O) groups excluding carboxylic acids is 2. The lowest BCUT2D eigenvalue weighted by atomic mass is 9.95. The first-order valence-electron chi connectivity index (χ1n) is 8.81. The largest absolute Gasteiger partial charge is 0.356 e. The molecule has 0 saturated carbocycles. The highest BCUT2D eigenvalue weighted by molar-refractivity contribution is 5.86. The molecule has 0 radical (unpaired) electrons. The summed E-state index contributed by atoms with van der Waals surface area (Å²) in [7, 11) is 0. The van der Waals surface area contributed by atoms with Crippen LogP contribution in [0.2, 0.25) is 0 Å². The van der Waals surface area contributed by atoms with Gasteiger partial charge in [-0.05, 0) is 31.4 Å². The first-order chi connectivity index (χ1) is 12.6. The number of rotatable bonds is 6. The van der Waals surface area contributed by atoms with Crippen molar-refractivity contribution in [1.82, 2.24) is 20.4 Å². The predicted molar refractivity (Wildman–Crippen MR) is 96.2 cm³/mol. The smallest absolute Gasteiger partial charge is 0.251 e. The van der Waals surface area contributed by atoms with Gasteiger partial charge in [-0.1, -0.05) is 30.3 Å². The van der Waals surface area contributed by atoms with Crippen molar-refractivity contribution in [2.75, 3.05) is 13.2 Å². The SMILES string of the molecule is CC(C)N1C(=O)CO[C@H](C(=O)NCCc2cn[nH]c2)[C@H]1c1ccccc1. The van der Waals surface area contributed by atoms with E-state index in [4.69, 9.17) is 4.74 Å². The Kier molecular flexibility index (Phi) is 5.68. The second-order valence-electron chi connectivity index (χ2n) is 6.63. The van der Waals surface area contributed by atoms with Gasteiger partial charge in [0.25, 0.3) is 5.91 Å². The molecule has 1 aromatic carbocycles. The molecular weight excluding hydrogens is 332 g/mol. The van der Waals surface area contributed by atoms with Gasteiger partial charge in [0, 0.05) is 18.8 Å². The molecule has 2 aromatic rings. The molecule has 7 heteroatoms. The summed E-state index contributed by atoms with van der Waals surface area (Å²) in [5.74, 6) is -0.309. The van der Waals surface area contributed by atoms with Crippen LogP contribution >= 0.6 is 0 Å². The highest BCUT2D eigenvalue weighted by Gasteiger charge is 2.42. The summed E-state index contributed by atoms with van der Waals surface area (Å²) >= 11 is 0. The monoisotopic (exact) mass is 356 g/mol. The number of carbonyl (C=O) groups is 2. The van der Waals surface area contributed by atoms with Crippen molar-refractivity contribution in [2.45, 2.75) is 38.5 Å². The average Bonchev–Trinajstić information content (AvgIpc) is 3.15. The van der Waals surface area contributed by atoms with Crippen molar-refractivity contribution in [2.24, 2.45) is 0 Å². The van der Waals surface area contributed by atoms with Crippen LogP contribution in [0.5, 0.6) is 0 Å². The molecule has 3 rings (SSSR count). The number of nitrogens with one attached hydrogen (secondary N) is 2. The fraction of sp³-hybridized carbons (Fsp3) is 0.421. The summed E-state index contributed by atoms with van der Waals surface area (Å²) in [6.07, 6.45) is 3.48. The second-order valence-corrected chi connectivity index (χ2v) is 6.63. The molecule has 2 amide bonds. The molecular formula is C19H24N4O3. The van der Waals surface area contributed by atoms with Crippen molar-refractivity contribution < 1.29 is 14.3 Å². The molecule has 1 aliphatic heterocycles. The van der Waals surface area contributed by atoms with Crippen LogP contribution in [0.15, 0.2) is 42.7 Å². The minimum Gasteiger partial charge on any atom is -0.356 e. The second kappa shape index (κ2) is 8.14. The molecule has 2 N–H and O–H groups in total. The molecule has 1 fully saturated rings. The Hall–Kier alpha value is -2.67. The van der Waals surface area contributed by atoms with E-state index in [2.05, 4.69) is 15.5 Å². The quantitative estimate of drug-likeness (QED) is 0.820. The molecule has 0 spiro atoms. The Morgan fingerprint density at radius 3 is 2.81 bits per heavy atom. The molecule has 26 heavy (non-hydrogen) atoms. The first-order valence-corrected chi connectivity index (χ1v) is 8.81. The normalized spacial score (nSPS) is 20.4. The molecule has 7 nitrogen and oxygen atoms in total. The van der Waals surface area contributed by atoms with E-state index < -0.39 is 12.1 Å². The van der Waals surface area contributed by atoms with E-state index in [1.807, 2.05) is 44.2 Å². The topological polar surface area (TPSA) is 87.3 Å². The van der Waals surface area contributed by atoms with Crippen LogP contribution in [0.4, 0.5) is 0 Å². The fourth-order valence-corrected chi connectivity index (χ4v) is 3.29. The third-order valence-corrected chi connectivity index (χ3v) is 4.48. The van der Waals surface area contributed by atoms with Crippen molar-refractivity contribution in [1.29, 1.82) is 0 Å². The van der Waals surface area contributed by atoms with Gasteiger partial charge in [0.05, 0.1) is 12.2 Å². The zero-order valence-electron chi connectivity index (χ0n) is 15.0. The number of morpholine rings is 1. The molecule has 0 unspecified atom stereocenters. The Labute approximate surface area is 152 Å². The number of nitrogens with zero attached hydrogens (tertiary/aromatic N) is 2. The van der Waals surface area contributed by atoms with Crippen LogP contribution in [0, 0.1) is 0 Å². The van der Waals surface area contributed by atoms with E-state index in [9.17, 15) is 9.59 Å². The summed E-state index contributed by atoms with van der Waals surface area (Å²) in [4.78, 5) is 27.0. The standard InChI is InChI=1S/C19H24N4O3/c1-13(2)23-16(24)12-26-18(17(23)15-6-4-3-5-7-15)19(25)20-9-8-14-10-21-22-11-14/h3-7,10-11,13,17-18H,8-9,12H2,1-2H3,(H,20,25)(H,21,22)/t17-,18+/m1/s1. The number of hydrogen-bond donors (Lipinski definition) is 2. The number of aromatic amines is 1. The molecule has 2 heterocycles. The Balaban J connectivity index is 1.76. The summed E-state index contributed by atoms with van der Waals surface area (Å²) in [6, 6.07) is 9.10. The number of benzene rings is 1. The van der Waals surface area contributed by atoms with E-state index in [0.29, 0.717) is 13.0 Å². The van der Waals surface area contributed by atoms with Crippen molar-refractivity contribution in [3.8, 4) is 0 Å². The van der Waals surface area contributed by atoms with Crippen molar-refractivity contribution in [3.63, 3.8) is 0 Å². The zero-order valence-corrected chi connectivity index (χ0v) is 15.0. The van der Waals surface area contributed by atoms with Gasteiger partial charge in [-0.25, -0.2) is 0 Å². The first kappa shape index (κ1) is 18.1. The lowest BCUT2D eigenvalue weighted by Crippen LogP contribution is -2.56. The van der Waals surface area contributed by atoms with Gasteiger partial charge >= 0.3 is 0 Å². The lowest BCUT2D eigenvalue weighted by molar-refractivity contribution is -0.167. The van der Waals surface area contributed by atoms with Gasteiger partial charge in [0.2, 0.25) is 5.91 Å². The van der Waals surface area contributed by atoms with Crippen LogP contribution in [0.3, 0.4) is 0 Å². The lowest BCUT2D eigenvalue weighted by Gasteiger charge is -2.42. The van der Waals surface area contributed by atoms with Crippen LogP contribution in [-0.2, 0) is 20.7 Å². The Morgan fingerprint density at radius 2 is 2.15 bits per heavy atom. The third-order valence-electron chi connectivity index (χ3n) is 4.48. The van der Waals surface area contributed by atoms with Gasteiger partial charge < -0.3 is 15.0 Å². The fourth-order valence-electron chi connectivity index (χ4n) is 3.29. The van der Waals surface area contributed by atoms with E-state index in [1.54, 1.807) is 17.3 Å². The van der Waals surface area contributed by atoms with Crippen molar-refractivity contribution in [3.05, 3.63) is 53.9 Å². The number of hydrogen-bond acceptors (Lipinski definition) is 4. The summed E-state index contributed by atoms with van der Waals surface area (Å²) in [5, 5.41) is 9.57. The molecule has 0 aliphatic carbocycles. The van der Waals surface area contributed by atoms with Gasteiger partial charge in [0.1, 0.15) is 6.61 Å². The zero-order chi connectivity index (χ0) is 18.5. The molecule has 1 saturated heterocycles. The van der Waals surface area contributed by atoms with Crippen LogP contribution in [-0.4, -0.2) is 52.2 Å². The molecule has 2 atom stereocenters. The predicted octanol–water partition coefficient (Wildman–Crippen LogP) is 1.45. The highest BCUT2D eigenvalue weighted by Crippen LogP contribution is 2.32. The van der Waals surface area contributed by atoms with Gasteiger partial charge in [0.15, 0.2) is 6.10 Å². The maximum Gasteiger partial charge on any atom is 0.251 e. The number of H-pyrrole nitrogens is 1. The number of aromatic nitrogens is 2. The van der Waals surface area contributed by atoms with Crippen molar-refractivity contribution >= 4 is 11.8 Å². The molecule has 138 valence electrons. The van der Waals surface area contributed by atoms with E-state index in [1.165, 1.54) is 0 Å². The molecule has 1 aliphatic rings. The molecule has 1 aromatic heterocycles. The van der Waals surface area contributed by atoms with E-state index in [0.717, 1.165) is 11.1 Å². The van der Waals surface area contributed by atoms with E-state index in [-0.39, 0.29) is 24.5 Å². The maximum absolute atomic E-state index is 12.8. The maximum atomic E-state index is 12.8.